The molecule has 0 spiro atoms. The summed E-state index contributed by atoms with van der Waals surface area (Å²) in [6.45, 7) is 1.77. The molecule has 3 aromatic rings. The zero-order chi connectivity index (χ0) is 19.0. The average molecular weight is 378 g/mol. The van der Waals surface area contributed by atoms with Gasteiger partial charge in [0, 0.05) is 6.07 Å². The van der Waals surface area contributed by atoms with Crippen molar-refractivity contribution in [3.05, 3.63) is 52.0 Å². The van der Waals surface area contributed by atoms with E-state index < -0.39 is 34.8 Å². The van der Waals surface area contributed by atoms with Gasteiger partial charge in [-0.3, -0.25) is 4.79 Å². The molecule has 26 heavy (non-hydrogen) atoms. The number of hydrogen-bond acceptors (Lipinski definition) is 5. The molecule has 9 heteroatoms. The van der Waals surface area contributed by atoms with Crippen molar-refractivity contribution in [3.63, 3.8) is 0 Å². The van der Waals surface area contributed by atoms with E-state index in [1.807, 2.05) is 0 Å². The van der Waals surface area contributed by atoms with Crippen molar-refractivity contribution >= 4 is 39.1 Å². The van der Waals surface area contributed by atoms with E-state index in [-0.39, 0.29) is 11.3 Å². The van der Waals surface area contributed by atoms with Crippen molar-refractivity contribution in [2.45, 2.75) is 6.92 Å². The van der Waals surface area contributed by atoms with Gasteiger partial charge in [-0.05, 0) is 25.1 Å². The number of amides is 1. The molecule has 0 saturated heterocycles. The Bertz CT molecular complexity index is 1050. The highest BCUT2D eigenvalue weighted by Gasteiger charge is 2.23. The Balaban J connectivity index is 2.12. The van der Waals surface area contributed by atoms with E-state index in [4.69, 9.17) is 9.84 Å². The molecule has 0 aliphatic carbocycles. The lowest BCUT2D eigenvalue weighted by molar-refractivity contribution is 0.0693. The summed E-state index contributed by atoms with van der Waals surface area (Å²) in [5, 5.41) is 12.1. The zero-order valence-electron chi connectivity index (χ0n) is 13.6. The van der Waals surface area contributed by atoms with E-state index >= 15 is 0 Å². The summed E-state index contributed by atoms with van der Waals surface area (Å²) >= 11 is 1.25. The summed E-state index contributed by atoms with van der Waals surface area (Å²) in [6, 6.07) is 4.40. The van der Waals surface area contributed by atoms with Crippen molar-refractivity contribution in [3.8, 4) is 5.75 Å². The van der Waals surface area contributed by atoms with Crippen LogP contribution in [0.1, 0.15) is 25.7 Å². The van der Waals surface area contributed by atoms with Crippen LogP contribution in [0.25, 0.3) is 10.2 Å². The molecule has 0 aliphatic rings. The number of halogens is 2. The zero-order valence-corrected chi connectivity index (χ0v) is 14.4. The van der Waals surface area contributed by atoms with E-state index in [0.717, 1.165) is 6.07 Å². The van der Waals surface area contributed by atoms with Gasteiger partial charge in [0.1, 0.15) is 28.5 Å². The maximum atomic E-state index is 13.8. The average Bonchev–Trinajstić information content (AvgIpc) is 2.92. The number of nitrogens with zero attached hydrogens (tertiary/aromatic N) is 1. The predicted molar refractivity (Wildman–Crippen MR) is 92.2 cm³/mol. The topological polar surface area (TPSA) is 88.5 Å². The lowest BCUT2D eigenvalue weighted by Gasteiger charge is -2.12. The number of benzene rings is 2. The molecule has 134 valence electrons. The third-order valence-corrected chi connectivity index (χ3v) is 4.59. The molecule has 0 aliphatic heterocycles. The molecule has 1 amide bonds. The Labute approximate surface area is 150 Å². The van der Waals surface area contributed by atoms with Gasteiger partial charge in [0.2, 0.25) is 0 Å². The maximum absolute atomic E-state index is 13.8. The number of carboxylic acids is 1. The van der Waals surface area contributed by atoms with Crippen LogP contribution in [0.15, 0.2) is 24.3 Å². The first-order valence-electron chi connectivity index (χ1n) is 7.29. The number of nitrogens with one attached hydrogen (secondary N) is 1. The number of carbonyl (C=O) groups excluding carboxylic acids is 1. The van der Waals surface area contributed by atoms with Crippen LogP contribution in [0.3, 0.4) is 0 Å². The third-order valence-electron chi connectivity index (χ3n) is 3.59. The number of hydrogen-bond donors (Lipinski definition) is 2. The Hall–Kier alpha value is -3.07. The second kappa shape index (κ2) is 6.68. The molecular formula is C17H12F2N2O4S. The van der Waals surface area contributed by atoms with Crippen LogP contribution in [-0.4, -0.2) is 29.1 Å². The normalized spacial score (nSPS) is 10.8. The fourth-order valence-electron chi connectivity index (χ4n) is 2.54. The number of aryl methyl sites for hydroxylation is 1. The molecule has 0 radical (unpaired) electrons. The highest BCUT2D eigenvalue weighted by Crippen LogP contribution is 2.33. The summed E-state index contributed by atoms with van der Waals surface area (Å²) in [6.07, 6.45) is 0. The molecule has 1 aromatic heterocycles. The minimum Gasteiger partial charge on any atom is -0.496 e. The molecule has 0 saturated carbocycles. The quantitative estimate of drug-likeness (QED) is 0.720. The molecule has 0 atom stereocenters. The molecule has 6 nitrogen and oxygen atoms in total. The summed E-state index contributed by atoms with van der Waals surface area (Å²) in [5.41, 5.74) is -0.648. The van der Waals surface area contributed by atoms with Crippen LogP contribution in [0.4, 0.5) is 14.5 Å². The van der Waals surface area contributed by atoms with E-state index in [1.54, 1.807) is 19.1 Å². The molecular weight excluding hydrogens is 366 g/mol. The number of rotatable bonds is 4. The Morgan fingerprint density at radius 2 is 1.96 bits per heavy atom. The van der Waals surface area contributed by atoms with Crippen LogP contribution in [0.5, 0.6) is 5.75 Å². The van der Waals surface area contributed by atoms with Gasteiger partial charge in [0.05, 0.1) is 28.0 Å². The molecule has 2 aromatic carbocycles. The number of carbonyl (C=O) groups is 2. The maximum Gasteiger partial charge on any atom is 0.340 e. The number of carboxylic acid groups (broad SMARTS) is 1. The smallest absolute Gasteiger partial charge is 0.340 e. The van der Waals surface area contributed by atoms with Gasteiger partial charge in [-0.2, -0.15) is 0 Å². The van der Waals surface area contributed by atoms with Gasteiger partial charge in [0.25, 0.3) is 5.91 Å². The van der Waals surface area contributed by atoms with Crippen molar-refractivity contribution < 1.29 is 28.2 Å². The molecule has 0 unspecified atom stereocenters. The number of anilines is 1. The van der Waals surface area contributed by atoms with Crippen molar-refractivity contribution in [2.24, 2.45) is 0 Å². The second-order valence-corrected chi connectivity index (χ2v) is 6.50. The number of thiazole rings is 1. The standard InChI is InChI=1S/C17H12F2N2O4S/c1-7-20-10-3-4-12(25-2)14(15(10)26-7)16(22)21-11-6-8(18)5-9(19)13(11)17(23)24/h3-6H,1-2H3,(H,21,22)(H,23,24). The van der Waals surface area contributed by atoms with Gasteiger partial charge in [-0.15, -0.1) is 11.3 Å². The first kappa shape index (κ1) is 17.7. The summed E-state index contributed by atoms with van der Waals surface area (Å²) < 4.78 is 33.0. The fourth-order valence-corrected chi connectivity index (χ4v) is 3.50. The van der Waals surface area contributed by atoms with Crippen LogP contribution >= 0.6 is 11.3 Å². The lowest BCUT2D eigenvalue weighted by Crippen LogP contribution is -2.17. The van der Waals surface area contributed by atoms with E-state index in [1.165, 1.54) is 18.4 Å². The van der Waals surface area contributed by atoms with Crippen molar-refractivity contribution in [2.75, 3.05) is 12.4 Å². The first-order valence-corrected chi connectivity index (χ1v) is 8.11. The van der Waals surface area contributed by atoms with Gasteiger partial charge in [-0.1, -0.05) is 0 Å². The Morgan fingerprint density at radius 1 is 1.23 bits per heavy atom. The van der Waals surface area contributed by atoms with E-state index in [2.05, 4.69) is 10.3 Å². The molecule has 3 rings (SSSR count). The van der Waals surface area contributed by atoms with Crippen molar-refractivity contribution in [1.29, 1.82) is 0 Å². The van der Waals surface area contributed by atoms with Crippen molar-refractivity contribution in [1.82, 2.24) is 4.98 Å². The molecule has 0 bridgehead atoms. The summed E-state index contributed by atoms with van der Waals surface area (Å²) in [4.78, 5) is 28.3. The number of aromatic nitrogens is 1. The Kier molecular flexibility index (Phi) is 4.56. The number of fused-ring (bicyclic) bond motifs is 1. The molecule has 0 fully saturated rings. The summed E-state index contributed by atoms with van der Waals surface area (Å²) in [5.74, 6) is -4.46. The van der Waals surface area contributed by atoms with Gasteiger partial charge in [-0.25, -0.2) is 18.6 Å². The number of aromatic carboxylic acids is 1. The van der Waals surface area contributed by atoms with Gasteiger partial charge in [0.15, 0.2) is 0 Å². The highest BCUT2D eigenvalue weighted by atomic mass is 32.1. The first-order chi connectivity index (χ1) is 12.3. The van der Waals surface area contributed by atoms with Crippen LogP contribution < -0.4 is 10.1 Å². The second-order valence-electron chi connectivity index (χ2n) is 5.29. The van der Waals surface area contributed by atoms with Gasteiger partial charge < -0.3 is 15.2 Å². The number of ether oxygens (including phenoxy) is 1. The van der Waals surface area contributed by atoms with Crippen LogP contribution in [0.2, 0.25) is 0 Å². The highest BCUT2D eigenvalue weighted by molar-refractivity contribution is 7.19. The Morgan fingerprint density at radius 3 is 2.62 bits per heavy atom. The van der Waals surface area contributed by atoms with E-state index in [0.29, 0.717) is 21.3 Å². The monoisotopic (exact) mass is 378 g/mol. The molecule has 1 heterocycles. The number of methoxy groups -OCH3 is 1. The van der Waals surface area contributed by atoms with E-state index in [9.17, 15) is 18.4 Å². The fraction of sp³-hybridized carbons (Fsp3) is 0.118. The largest absolute Gasteiger partial charge is 0.496 e. The van der Waals surface area contributed by atoms with Crippen LogP contribution in [-0.2, 0) is 0 Å². The molecule has 2 N–H and O–H groups in total. The SMILES string of the molecule is COc1ccc2nc(C)sc2c1C(=O)Nc1cc(F)cc(F)c1C(=O)O. The van der Waals surface area contributed by atoms with Crippen LogP contribution in [0, 0.1) is 18.6 Å². The summed E-state index contributed by atoms with van der Waals surface area (Å²) in [7, 11) is 1.37. The predicted octanol–water partition coefficient (Wildman–Crippen LogP) is 3.84. The third kappa shape index (κ3) is 3.08. The minimum absolute atomic E-state index is 0.108. The lowest BCUT2D eigenvalue weighted by atomic mass is 10.1. The van der Waals surface area contributed by atoms with Gasteiger partial charge >= 0.3 is 5.97 Å². The minimum atomic E-state index is -1.63.